The van der Waals surface area contributed by atoms with Crippen LogP contribution in [-0.2, 0) is 13.5 Å². The van der Waals surface area contributed by atoms with Crippen LogP contribution in [0.2, 0.25) is 0 Å². The number of aromatic nitrogens is 4. The quantitative estimate of drug-likeness (QED) is 0.801. The molecule has 3 aromatic rings. The van der Waals surface area contributed by atoms with Gasteiger partial charge < -0.3 is 10.1 Å². The summed E-state index contributed by atoms with van der Waals surface area (Å²) < 4.78 is 7.26. The molecule has 3 rings (SSSR count). The van der Waals surface area contributed by atoms with Crippen molar-refractivity contribution in [1.29, 1.82) is 0 Å². The van der Waals surface area contributed by atoms with Gasteiger partial charge >= 0.3 is 0 Å². The van der Waals surface area contributed by atoms with Gasteiger partial charge in [-0.3, -0.25) is 4.68 Å². The number of benzene rings is 1. The Morgan fingerprint density at radius 2 is 2.00 bits per heavy atom. The lowest BCUT2D eigenvalue weighted by Gasteiger charge is -2.13. The molecule has 2 heterocycles. The monoisotopic (exact) mass is 311 g/mol. The maximum atomic E-state index is 5.45. The molecule has 0 saturated heterocycles. The van der Waals surface area contributed by atoms with Gasteiger partial charge in [0.05, 0.1) is 18.5 Å². The predicted molar refractivity (Wildman–Crippen MR) is 91.4 cm³/mol. The summed E-state index contributed by atoms with van der Waals surface area (Å²) in [4.78, 5) is 9.27. The van der Waals surface area contributed by atoms with E-state index < -0.39 is 0 Å². The normalized spacial score (nSPS) is 11.0. The minimum atomic E-state index is 0.749. The Hall–Kier alpha value is -2.63. The first-order valence-electron chi connectivity index (χ1n) is 7.65. The van der Waals surface area contributed by atoms with Crippen LogP contribution in [0.15, 0.2) is 18.2 Å². The lowest BCUT2D eigenvalue weighted by molar-refractivity contribution is 0.416. The van der Waals surface area contributed by atoms with Crippen LogP contribution in [-0.4, -0.2) is 26.9 Å². The van der Waals surface area contributed by atoms with E-state index in [9.17, 15) is 0 Å². The van der Waals surface area contributed by atoms with E-state index in [0.29, 0.717) is 0 Å². The van der Waals surface area contributed by atoms with Gasteiger partial charge in [0.1, 0.15) is 22.6 Å². The molecule has 0 spiro atoms. The molecular formula is C17H21N5O. The van der Waals surface area contributed by atoms with Crippen molar-refractivity contribution in [3.8, 4) is 5.75 Å². The summed E-state index contributed by atoms with van der Waals surface area (Å²) in [5.41, 5.74) is 4.71. The van der Waals surface area contributed by atoms with E-state index in [0.717, 1.165) is 51.8 Å². The van der Waals surface area contributed by atoms with E-state index in [1.165, 1.54) is 0 Å². The fraction of sp³-hybridized carbons (Fsp3) is 0.353. The Labute approximate surface area is 135 Å². The highest BCUT2D eigenvalue weighted by molar-refractivity contribution is 5.90. The van der Waals surface area contributed by atoms with Crippen LogP contribution in [0.1, 0.15) is 24.0 Å². The fourth-order valence-electron chi connectivity index (χ4n) is 2.67. The first kappa shape index (κ1) is 15.3. The lowest BCUT2D eigenvalue weighted by Crippen LogP contribution is -2.04. The smallest absolute Gasteiger partial charge is 0.160 e. The summed E-state index contributed by atoms with van der Waals surface area (Å²) in [5.74, 6) is 2.32. The summed E-state index contributed by atoms with van der Waals surface area (Å²) in [7, 11) is 3.57. The standard InChI is InChI=1S/C17H21N5O/c1-6-14-19-15-11(3)21-22(4)16(15)17(20-14)18-12-9-10(2)7-8-13(12)23-5/h7-9H,6H2,1-5H3,(H,18,19,20). The SMILES string of the molecule is CCc1nc(Nc2cc(C)ccc2OC)c2c(n1)c(C)nn2C. The molecule has 0 aliphatic carbocycles. The topological polar surface area (TPSA) is 64.9 Å². The molecule has 0 aliphatic rings. The zero-order chi connectivity index (χ0) is 16.6. The number of rotatable bonds is 4. The summed E-state index contributed by atoms with van der Waals surface area (Å²) in [5, 5.41) is 7.87. The highest BCUT2D eigenvalue weighted by Gasteiger charge is 2.16. The van der Waals surface area contributed by atoms with Crippen molar-refractivity contribution >= 4 is 22.5 Å². The van der Waals surface area contributed by atoms with E-state index in [1.54, 1.807) is 7.11 Å². The number of aryl methyl sites for hydroxylation is 4. The number of methoxy groups -OCH3 is 1. The third kappa shape index (κ3) is 2.72. The molecule has 6 nitrogen and oxygen atoms in total. The number of nitrogens with zero attached hydrogens (tertiary/aromatic N) is 4. The van der Waals surface area contributed by atoms with Crippen molar-refractivity contribution in [2.45, 2.75) is 27.2 Å². The van der Waals surface area contributed by atoms with Crippen LogP contribution < -0.4 is 10.1 Å². The van der Waals surface area contributed by atoms with Crippen molar-refractivity contribution in [3.05, 3.63) is 35.3 Å². The van der Waals surface area contributed by atoms with Crippen LogP contribution in [0.4, 0.5) is 11.5 Å². The Kier molecular flexibility index (Phi) is 3.90. The maximum absolute atomic E-state index is 5.45. The van der Waals surface area contributed by atoms with Crippen LogP contribution >= 0.6 is 0 Å². The molecule has 0 fully saturated rings. The fourth-order valence-corrected chi connectivity index (χ4v) is 2.67. The summed E-state index contributed by atoms with van der Waals surface area (Å²) in [6.07, 6.45) is 0.768. The molecular weight excluding hydrogens is 290 g/mol. The Balaban J connectivity index is 2.18. The molecule has 0 unspecified atom stereocenters. The number of hydrogen-bond acceptors (Lipinski definition) is 5. The van der Waals surface area contributed by atoms with E-state index in [1.807, 2.05) is 50.7 Å². The largest absolute Gasteiger partial charge is 0.495 e. The lowest BCUT2D eigenvalue weighted by atomic mass is 10.2. The zero-order valence-corrected chi connectivity index (χ0v) is 14.1. The van der Waals surface area contributed by atoms with Gasteiger partial charge in [-0.25, -0.2) is 9.97 Å². The number of anilines is 2. The minimum Gasteiger partial charge on any atom is -0.495 e. The second-order valence-electron chi connectivity index (χ2n) is 5.58. The highest BCUT2D eigenvalue weighted by Crippen LogP contribution is 2.31. The molecule has 6 heteroatoms. The molecule has 0 radical (unpaired) electrons. The van der Waals surface area contributed by atoms with Gasteiger partial charge in [0, 0.05) is 13.5 Å². The molecule has 1 N–H and O–H groups in total. The Morgan fingerprint density at radius 1 is 1.22 bits per heavy atom. The van der Waals surface area contributed by atoms with Crippen molar-refractivity contribution in [1.82, 2.24) is 19.7 Å². The third-order valence-electron chi connectivity index (χ3n) is 3.82. The van der Waals surface area contributed by atoms with Crippen LogP contribution in [0.5, 0.6) is 5.75 Å². The zero-order valence-electron chi connectivity index (χ0n) is 14.1. The second kappa shape index (κ2) is 5.87. The highest BCUT2D eigenvalue weighted by atomic mass is 16.5. The average Bonchev–Trinajstić information content (AvgIpc) is 2.82. The summed E-state index contributed by atoms with van der Waals surface area (Å²) in [6.45, 7) is 6.06. The van der Waals surface area contributed by atoms with Gasteiger partial charge in [-0.1, -0.05) is 13.0 Å². The number of nitrogens with one attached hydrogen (secondary N) is 1. The van der Waals surface area contributed by atoms with E-state index in [-0.39, 0.29) is 0 Å². The average molecular weight is 311 g/mol. The molecule has 0 bridgehead atoms. The van der Waals surface area contributed by atoms with Crippen molar-refractivity contribution in [3.63, 3.8) is 0 Å². The summed E-state index contributed by atoms with van der Waals surface area (Å²) in [6, 6.07) is 6.01. The van der Waals surface area contributed by atoms with E-state index >= 15 is 0 Å². The van der Waals surface area contributed by atoms with Gasteiger partial charge in [0.15, 0.2) is 5.82 Å². The maximum Gasteiger partial charge on any atom is 0.160 e. The van der Waals surface area contributed by atoms with Gasteiger partial charge in [-0.15, -0.1) is 0 Å². The third-order valence-corrected chi connectivity index (χ3v) is 3.82. The predicted octanol–water partition coefficient (Wildman–Crippen LogP) is 3.29. The number of ether oxygens (including phenoxy) is 1. The summed E-state index contributed by atoms with van der Waals surface area (Å²) >= 11 is 0. The van der Waals surface area contributed by atoms with Crippen LogP contribution in [0.3, 0.4) is 0 Å². The Bertz CT molecular complexity index is 869. The van der Waals surface area contributed by atoms with Crippen LogP contribution in [0.25, 0.3) is 11.0 Å². The second-order valence-corrected chi connectivity index (χ2v) is 5.58. The van der Waals surface area contributed by atoms with Gasteiger partial charge in [-0.05, 0) is 31.5 Å². The molecule has 1 aromatic carbocycles. The molecule has 0 amide bonds. The first-order chi connectivity index (χ1) is 11.0. The van der Waals surface area contributed by atoms with Crippen molar-refractivity contribution in [2.24, 2.45) is 7.05 Å². The van der Waals surface area contributed by atoms with Crippen molar-refractivity contribution < 1.29 is 4.74 Å². The van der Waals surface area contributed by atoms with E-state index in [4.69, 9.17) is 4.74 Å². The van der Waals surface area contributed by atoms with E-state index in [2.05, 4.69) is 20.4 Å². The van der Waals surface area contributed by atoms with Gasteiger partial charge in [0.25, 0.3) is 0 Å². The van der Waals surface area contributed by atoms with Gasteiger partial charge in [0.2, 0.25) is 0 Å². The molecule has 2 aromatic heterocycles. The first-order valence-corrected chi connectivity index (χ1v) is 7.65. The molecule has 23 heavy (non-hydrogen) atoms. The number of fused-ring (bicyclic) bond motifs is 1. The van der Waals surface area contributed by atoms with Gasteiger partial charge in [-0.2, -0.15) is 5.10 Å². The van der Waals surface area contributed by atoms with Crippen molar-refractivity contribution in [2.75, 3.05) is 12.4 Å². The number of hydrogen-bond donors (Lipinski definition) is 1. The molecule has 0 atom stereocenters. The van der Waals surface area contributed by atoms with Crippen LogP contribution in [0, 0.1) is 13.8 Å². The molecule has 0 aliphatic heterocycles. The molecule has 0 saturated carbocycles. The Morgan fingerprint density at radius 3 is 2.70 bits per heavy atom. The molecule has 120 valence electrons. The minimum absolute atomic E-state index is 0.749.